The largest absolute Gasteiger partial charge is 0.433 e. The van der Waals surface area contributed by atoms with E-state index in [0.29, 0.717) is 0 Å². The van der Waals surface area contributed by atoms with Crippen LogP contribution in [0, 0.1) is 6.92 Å². The molecule has 4 rings (SSSR count). The zero-order valence-corrected chi connectivity index (χ0v) is 20.6. The molecule has 190 valence electrons. The van der Waals surface area contributed by atoms with Gasteiger partial charge in [-0.05, 0) is 43.2 Å². The molecule has 5 nitrogen and oxygen atoms in total. The smallest absolute Gasteiger partial charge is 0.374 e. The van der Waals surface area contributed by atoms with Crippen molar-refractivity contribution in [2.24, 2.45) is 7.05 Å². The van der Waals surface area contributed by atoms with Crippen molar-refractivity contribution in [1.29, 1.82) is 0 Å². The first-order valence-electron chi connectivity index (χ1n) is 10.5. The van der Waals surface area contributed by atoms with Crippen molar-refractivity contribution >= 4 is 34.1 Å². The van der Waals surface area contributed by atoms with E-state index in [1.807, 2.05) is 0 Å². The molecule has 0 amide bonds. The number of hydrogen-bond acceptors (Lipinski definition) is 4. The first-order chi connectivity index (χ1) is 16.6. The maximum absolute atomic E-state index is 13.8. The lowest BCUT2D eigenvalue weighted by Gasteiger charge is -2.31. The fourth-order valence-corrected chi connectivity index (χ4v) is 4.77. The summed E-state index contributed by atoms with van der Waals surface area (Å²) in [5, 5.41) is 12.1. The Bertz CT molecular complexity index is 1470. The second-order valence-electron chi connectivity index (χ2n) is 8.66. The summed E-state index contributed by atoms with van der Waals surface area (Å²) in [7, 11) is 1.61. The van der Waals surface area contributed by atoms with Gasteiger partial charge in [-0.3, -0.25) is 4.98 Å². The van der Waals surface area contributed by atoms with Gasteiger partial charge in [0, 0.05) is 36.2 Å². The van der Waals surface area contributed by atoms with Crippen LogP contribution >= 0.6 is 23.2 Å². The Hall–Kier alpha value is -2.82. The molecule has 3 heterocycles. The van der Waals surface area contributed by atoms with Gasteiger partial charge in [0.25, 0.3) is 0 Å². The second-order valence-corrected chi connectivity index (χ2v) is 9.39. The lowest BCUT2D eigenvalue weighted by Crippen LogP contribution is -2.32. The van der Waals surface area contributed by atoms with Crippen LogP contribution in [0.1, 0.15) is 40.6 Å². The molecular formula is C24H19Cl2F5N4O. The van der Waals surface area contributed by atoms with Gasteiger partial charge in [0.2, 0.25) is 5.92 Å². The van der Waals surface area contributed by atoms with Gasteiger partial charge in [0.1, 0.15) is 10.8 Å². The minimum atomic E-state index is -4.67. The summed E-state index contributed by atoms with van der Waals surface area (Å²) < 4.78 is 68.8. The zero-order chi connectivity index (χ0) is 26.6. The number of aryl methyl sites for hydroxylation is 2. The highest BCUT2D eigenvalue weighted by atomic mass is 35.5. The number of aliphatic hydroxyl groups is 1. The molecule has 12 heteroatoms. The maximum atomic E-state index is 13.8. The molecule has 4 aromatic rings. The number of fused-ring (bicyclic) bond motifs is 1. The van der Waals surface area contributed by atoms with Gasteiger partial charge in [-0.15, -0.1) is 0 Å². The number of imidazole rings is 1. The minimum Gasteiger partial charge on any atom is -0.374 e. The molecule has 0 spiro atoms. The van der Waals surface area contributed by atoms with Crippen LogP contribution < -0.4 is 0 Å². The first kappa shape index (κ1) is 26.2. The van der Waals surface area contributed by atoms with Crippen LogP contribution in [-0.2, 0) is 25.2 Å². The van der Waals surface area contributed by atoms with Crippen LogP contribution in [0.5, 0.6) is 0 Å². The van der Waals surface area contributed by atoms with Crippen molar-refractivity contribution < 1.29 is 27.1 Å². The van der Waals surface area contributed by atoms with Gasteiger partial charge in [0.05, 0.1) is 28.8 Å². The van der Waals surface area contributed by atoms with Crippen LogP contribution in [0.25, 0.3) is 10.9 Å². The molecule has 1 unspecified atom stereocenters. The fraction of sp³-hybridized carbons (Fsp3) is 0.292. The summed E-state index contributed by atoms with van der Waals surface area (Å²) in [5.41, 5.74) is -2.32. The topological polar surface area (TPSA) is 63.8 Å². The SMILES string of the molecule is Cc1cc(C(F)(F)F)ncc1C(O)(c1ccc2nc(Cl)c(CC(C)(F)F)c(Cl)c2c1)c1cncn1C. The van der Waals surface area contributed by atoms with Gasteiger partial charge >= 0.3 is 6.18 Å². The average molecular weight is 545 g/mol. The Morgan fingerprint density at radius 3 is 2.31 bits per heavy atom. The predicted molar refractivity (Wildman–Crippen MR) is 125 cm³/mol. The van der Waals surface area contributed by atoms with E-state index in [1.165, 1.54) is 42.2 Å². The van der Waals surface area contributed by atoms with E-state index in [2.05, 4.69) is 15.0 Å². The molecule has 0 radical (unpaired) electrons. The number of pyridine rings is 2. The Labute approximate surface area is 212 Å². The molecule has 0 aliphatic rings. The standard InChI is InChI=1S/C24H19Cl2F5N4O/c1-12-6-18(24(29,30)31)33-9-16(12)23(36,19-10-32-11-35(19)3)13-4-5-17-14(7-13)20(25)15(21(26)34-17)8-22(2,27)28/h4-7,9-11,36H,8H2,1-3H3. The normalized spacial score (nSPS) is 14.3. The predicted octanol–water partition coefficient (Wildman–Crippen LogP) is 6.48. The molecule has 3 aromatic heterocycles. The summed E-state index contributed by atoms with van der Waals surface area (Å²) in [4.78, 5) is 11.7. The third kappa shape index (κ3) is 4.65. The van der Waals surface area contributed by atoms with Gasteiger partial charge < -0.3 is 9.67 Å². The maximum Gasteiger partial charge on any atom is 0.433 e. The number of halogens is 7. The quantitative estimate of drug-likeness (QED) is 0.231. The lowest BCUT2D eigenvalue weighted by atomic mass is 9.81. The second kappa shape index (κ2) is 8.93. The fourth-order valence-electron chi connectivity index (χ4n) is 4.16. The monoisotopic (exact) mass is 544 g/mol. The molecule has 0 bridgehead atoms. The van der Waals surface area contributed by atoms with Crippen molar-refractivity contribution in [3.05, 3.63) is 86.8 Å². The van der Waals surface area contributed by atoms with E-state index < -0.39 is 29.8 Å². The van der Waals surface area contributed by atoms with Crippen molar-refractivity contribution in [1.82, 2.24) is 19.5 Å². The summed E-state index contributed by atoms with van der Waals surface area (Å²) >= 11 is 12.6. The number of hydrogen-bond donors (Lipinski definition) is 1. The van der Waals surface area contributed by atoms with Crippen LogP contribution in [0.2, 0.25) is 10.2 Å². The van der Waals surface area contributed by atoms with Crippen molar-refractivity contribution in [2.75, 3.05) is 0 Å². The summed E-state index contributed by atoms with van der Waals surface area (Å²) in [5.74, 6) is -3.11. The molecular weight excluding hydrogens is 526 g/mol. The summed E-state index contributed by atoms with van der Waals surface area (Å²) in [6.45, 7) is 2.15. The van der Waals surface area contributed by atoms with Crippen molar-refractivity contribution in [3.63, 3.8) is 0 Å². The molecule has 0 aliphatic heterocycles. The third-order valence-corrected chi connectivity index (χ3v) is 6.59. The minimum absolute atomic E-state index is 0.0630. The van der Waals surface area contributed by atoms with E-state index in [1.54, 1.807) is 7.05 Å². The van der Waals surface area contributed by atoms with E-state index >= 15 is 0 Å². The number of nitrogens with zero attached hydrogens (tertiary/aromatic N) is 4. The highest BCUT2D eigenvalue weighted by molar-refractivity contribution is 6.39. The van der Waals surface area contributed by atoms with Crippen LogP contribution in [0.4, 0.5) is 22.0 Å². The van der Waals surface area contributed by atoms with Gasteiger partial charge in [-0.1, -0.05) is 29.3 Å². The lowest BCUT2D eigenvalue weighted by molar-refractivity contribution is -0.141. The number of alkyl halides is 5. The average Bonchev–Trinajstić information content (AvgIpc) is 3.21. The Balaban J connectivity index is 1.99. The Morgan fingerprint density at radius 1 is 1.06 bits per heavy atom. The van der Waals surface area contributed by atoms with E-state index in [0.717, 1.165) is 19.2 Å². The number of aromatic nitrogens is 4. The molecule has 0 fully saturated rings. The first-order valence-corrected chi connectivity index (χ1v) is 11.3. The Morgan fingerprint density at radius 2 is 1.75 bits per heavy atom. The molecule has 0 aliphatic carbocycles. The summed E-state index contributed by atoms with van der Waals surface area (Å²) in [6, 6.07) is 5.28. The zero-order valence-electron chi connectivity index (χ0n) is 19.1. The van der Waals surface area contributed by atoms with Crippen molar-refractivity contribution in [2.45, 2.75) is 38.0 Å². The van der Waals surface area contributed by atoms with Crippen molar-refractivity contribution in [3.8, 4) is 0 Å². The highest BCUT2D eigenvalue weighted by Crippen LogP contribution is 2.42. The molecule has 0 saturated carbocycles. The molecule has 1 aromatic carbocycles. The van der Waals surface area contributed by atoms with Crippen LogP contribution in [0.15, 0.2) is 43.0 Å². The van der Waals surface area contributed by atoms with E-state index in [-0.39, 0.29) is 49.0 Å². The van der Waals surface area contributed by atoms with E-state index in [9.17, 15) is 27.1 Å². The molecule has 0 saturated heterocycles. The van der Waals surface area contributed by atoms with E-state index in [4.69, 9.17) is 23.2 Å². The third-order valence-electron chi connectivity index (χ3n) is 5.85. The molecule has 36 heavy (non-hydrogen) atoms. The molecule has 1 atom stereocenters. The molecule has 1 N–H and O–H groups in total. The van der Waals surface area contributed by atoms with Gasteiger partial charge in [-0.25, -0.2) is 18.7 Å². The summed E-state index contributed by atoms with van der Waals surface area (Å²) in [6.07, 6.45) is -1.69. The van der Waals surface area contributed by atoms with Crippen LogP contribution in [0.3, 0.4) is 0 Å². The van der Waals surface area contributed by atoms with Crippen LogP contribution in [-0.4, -0.2) is 30.5 Å². The number of benzene rings is 1. The van der Waals surface area contributed by atoms with Gasteiger partial charge in [0.15, 0.2) is 5.60 Å². The highest BCUT2D eigenvalue weighted by Gasteiger charge is 2.40. The van der Waals surface area contributed by atoms with Gasteiger partial charge in [-0.2, -0.15) is 13.2 Å². The Kier molecular flexibility index (Phi) is 6.51. The number of rotatable bonds is 5.